The Balaban J connectivity index is 2.04. The van der Waals surface area contributed by atoms with Crippen LogP contribution in [0.25, 0.3) is 0 Å². The van der Waals surface area contributed by atoms with Crippen LogP contribution in [0.3, 0.4) is 0 Å². The third kappa shape index (κ3) is 5.37. The summed E-state index contributed by atoms with van der Waals surface area (Å²) in [6, 6.07) is 16.0. The van der Waals surface area contributed by atoms with Gasteiger partial charge in [0.2, 0.25) is 15.9 Å². The van der Waals surface area contributed by atoms with Crippen LogP contribution in [-0.2, 0) is 14.8 Å². The summed E-state index contributed by atoms with van der Waals surface area (Å²) in [5, 5.41) is 2.74. The van der Waals surface area contributed by atoms with Gasteiger partial charge in [-0.05, 0) is 36.4 Å². The van der Waals surface area contributed by atoms with Crippen molar-refractivity contribution in [3.05, 3.63) is 59.1 Å². The van der Waals surface area contributed by atoms with E-state index in [1.165, 1.54) is 4.31 Å². The molecule has 0 saturated heterocycles. The van der Waals surface area contributed by atoms with Crippen LogP contribution in [0.5, 0.6) is 0 Å². The molecule has 1 amide bonds. The van der Waals surface area contributed by atoms with Crippen LogP contribution in [-0.4, -0.2) is 27.1 Å². The van der Waals surface area contributed by atoms with E-state index in [0.29, 0.717) is 11.4 Å². The van der Waals surface area contributed by atoms with Gasteiger partial charge in [0, 0.05) is 23.1 Å². The number of hydrogen-bond donors (Lipinski definition) is 1. The maximum absolute atomic E-state index is 12.0. The molecule has 0 bridgehead atoms. The Morgan fingerprint density at radius 3 is 2.26 bits per heavy atom. The van der Waals surface area contributed by atoms with E-state index in [1.807, 2.05) is 18.2 Å². The van der Waals surface area contributed by atoms with Crippen LogP contribution >= 0.6 is 15.9 Å². The van der Waals surface area contributed by atoms with Crippen molar-refractivity contribution in [3.8, 4) is 0 Å². The molecule has 2 aromatic carbocycles. The highest BCUT2D eigenvalue weighted by atomic mass is 79.9. The zero-order chi connectivity index (χ0) is 16.9. The van der Waals surface area contributed by atoms with Crippen LogP contribution in [0, 0.1) is 0 Å². The van der Waals surface area contributed by atoms with E-state index in [9.17, 15) is 13.2 Å². The Morgan fingerprint density at radius 1 is 1.09 bits per heavy atom. The number of amides is 1. The smallest absolute Gasteiger partial charge is 0.232 e. The molecular weight excluding hydrogens is 380 g/mol. The molecule has 0 fully saturated rings. The van der Waals surface area contributed by atoms with E-state index in [-0.39, 0.29) is 18.9 Å². The van der Waals surface area contributed by atoms with E-state index in [4.69, 9.17) is 0 Å². The molecule has 0 spiro atoms. The van der Waals surface area contributed by atoms with Crippen molar-refractivity contribution in [1.29, 1.82) is 0 Å². The minimum Gasteiger partial charge on any atom is -0.326 e. The number of anilines is 2. The molecule has 7 heteroatoms. The molecule has 0 unspecified atom stereocenters. The highest BCUT2D eigenvalue weighted by Crippen LogP contribution is 2.21. The van der Waals surface area contributed by atoms with E-state index in [0.717, 1.165) is 10.7 Å². The molecule has 0 aliphatic rings. The van der Waals surface area contributed by atoms with Gasteiger partial charge < -0.3 is 5.32 Å². The molecule has 23 heavy (non-hydrogen) atoms. The number of benzene rings is 2. The van der Waals surface area contributed by atoms with Crippen molar-refractivity contribution in [2.24, 2.45) is 0 Å². The van der Waals surface area contributed by atoms with Crippen molar-refractivity contribution < 1.29 is 13.2 Å². The van der Waals surface area contributed by atoms with Crippen LogP contribution in [0.4, 0.5) is 11.4 Å². The van der Waals surface area contributed by atoms with E-state index in [1.54, 1.807) is 36.4 Å². The Labute approximate surface area is 144 Å². The average molecular weight is 397 g/mol. The van der Waals surface area contributed by atoms with Crippen LogP contribution in [0.2, 0.25) is 0 Å². The number of sulfonamides is 1. The fraction of sp³-hybridized carbons (Fsp3) is 0.188. The van der Waals surface area contributed by atoms with Crippen LogP contribution in [0.1, 0.15) is 6.42 Å². The first-order valence-corrected chi connectivity index (χ1v) is 9.58. The van der Waals surface area contributed by atoms with Gasteiger partial charge in [0.1, 0.15) is 0 Å². The summed E-state index contributed by atoms with van der Waals surface area (Å²) < 4.78 is 26.0. The van der Waals surface area contributed by atoms with Gasteiger partial charge in [0.25, 0.3) is 0 Å². The van der Waals surface area contributed by atoms with Crippen LogP contribution in [0.15, 0.2) is 59.1 Å². The lowest BCUT2D eigenvalue weighted by Gasteiger charge is -2.22. The molecular formula is C16H17BrN2O3S. The molecule has 5 nitrogen and oxygen atoms in total. The predicted molar refractivity (Wildman–Crippen MR) is 96.0 cm³/mol. The summed E-state index contributed by atoms with van der Waals surface area (Å²) >= 11 is 3.31. The van der Waals surface area contributed by atoms with Gasteiger partial charge in [-0.2, -0.15) is 0 Å². The zero-order valence-electron chi connectivity index (χ0n) is 12.6. The van der Waals surface area contributed by atoms with Gasteiger partial charge in [0.05, 0.1) is 11.9 Å². The van der Waals surface area contributed by atoms with Gasteiger partial charge >= 0.3 is 0 Å². The number of hydrogen-bond acceptors (Lipinski definition) is 3. The van der Waals surface area contributed by atoms with Gasteiger partial charge in [-0.1, -0.05) is 34.1 Å². The average Bonchev–Trinajstić information content (AvgIpc) is 2.49. The summed E-state index contributed by atoms with van der Waals surface area (Å²) in [5.41, 5.74) is 1.22. The van der Waals surface area contributed by atoms with Gasteiger partial charge in [0.15, 0.2) is 0 Å². The quantitative estimate of drug-likeness (QED) is 0.814. The van der Waals surface area contributed by atoms with Gasteiger partial charge in [-0.3, -0.25) is 9.10 Å². The topological polar surface area (TPSA) is 66.5 Å². The highest BCUT2D eigenvalue weighted by Gasteiger charge is 2.18. The Bertz CT molecular complexity index is 762. The molecule has 0 saturated carbocycles. The molecule has 0 aliphatic carbocycles. The van der Waals surface area contributed by atoms with Crippen molar-refractivity contribution in [2.45, 2.75) is 6.42 Å². The predicted octanol–water partition coefficient (Wildman–Crippen LogP) is 3.24. The number of rotatable bonds is 6. The number of para-hydroxylation sites is 1. The van der Waals surface area contributed by atoms with Crippen molar-refractivity contribution in [1.82, 2.24) is 0 Å². The van der Waals surface area contributed by atoms with E-state index >= 15 is 0 Å². The second kappa shape index (κ2) is 7.61. The maximum atomic E-state index is 12.0. The van der Waals surface area contributed by atoms with Gasteiger partial charge in [-0.15, -0.1) is 0 Å². The Kier molecular flexibility index (Phi) is 5.79. The number of nitrogens with zero attached hydrogens (tertiary/aromatic N) is 1. The Morgan fingerprint density at radius 2 is 1.70 bits per heavy atom. The maximum Gasteiger partial charge on any atom is 0.232 e. The molecule has 0 atom stereocenters. The molecule has 122 valence electrons. The molecule has 0 radical (unpaired) electrons. The van der Waals surface area contributed by atoms with Crippen molar-refractivity contribution in [2.75, 3.05) is 22.4 Å². The first-order valence-electron chi connectivity index (χ1n) is 6.94. The lowest BCUT2D eigenvalue weighted by atomic mass is 10.3. The fourth-order valence-electron chi connectivity index (χ4n) is 2.04. The number of nitrogens with one attached hydrogen (secondary N) is 1. The molecule has 2 rings (SSSR count). The third-order valence-corrected chi connectivity index (χ3v) is 4.84. The third-order valence-electron chi connectivity index (χ3n) is 3.11. The first kappa shape index (κ1) is 17.5. The van der Waals surface area contributed by atoms with Crippen molar-refractivity contribution >= 4 is 43.2 Å². The summed E-state index contributed by atoms with van der Waals surface area (Å²) in [4.78, 5) is 12.0. The number of carbonyl (C=O) groups excluding carboxylic acids is 1. The summed E-state index contributed by atoms with van der Waals surface area (Å²) in [6.45, 7) is 0.0825. The highest BCUT2D eigenvalue weighted by molar-refractivity contribution is 9.10. The second-order valence-corrected chi connectivity index (χ2v) is 7.80. The molecule has 0 heterocycles. The SMILES string of the molecule is CS(=O)(=O)N(CCC(=O)Nc1ccccc1)c1ccc(Br)cc1. The lowest BCUT2D eigenvalue weighted by Crippen LogP contribution is -2.33. The van der Waals surface area contributed by atoms with E-state index < -0.39 is 10.0 Å². The monoisotopic (exact) mass is 396 g/mol. The van der Waals surface area contributed by atoms with Crippen molar-refractivity contribution in [3.63, 3.8) is 0 Å². The number of carbonyl (C=O) groups is 1. The summed E-state index contributed by atoms with van der Waals surface area (Å²) in [7, 11) is -3.46. The van der Waals surface area contributed by atoms with Gasteiger partial charge in [-0.25, -0.2) is 8.42 Å². The lowest BCUT2D eigenvalue weighted by molar-refractivity contribution is -0.116. The molecule has 2 aromatic rings. The van der Waals surface area contributed by atoms with E-state index in [2.05, 4.69) is 21.2 Å². The first-order chi connectivity index (χ1) is 10.9. The number of halogens is 1. The largest absolute Gasteiger partial charge is 0.326 e. The van der Waals surface area contributed by atoms with Crippen LogP contribution < -0.4 is 9.62 Å². The normalized spacial score (nSPS) is 11.0. The Hall–Kier alpha value is -1.86. The minimum absolute atomic E-state index is 0.0675. The molecule has 0 aliphatic heterocycles. The zero-order valence-corrected chi connectivity index (χ0v) is 15.0. The summed E-state index contributed by atoms with van der Waals surface area (Å²) in [6.07, 6.45) is 1.20. The minimum atomic E-state index is -3.46. The summed E-state index contributed by atoms with van der Waals surface area (Å²) in [5.74, 6) is -0.234. The fourth-order valence-corrected chi connectivity index (χ4v) is 3.23. The second-order valence-electron chi connectivity index (χ2n) is 4.98. The molecule has 1 N–H and O–H groups in total. The molecule has 0 aromatic heterocycles. The standard InChI is InChI=1S/C16H17BrN2O3S/c1-23(21,22)19(15-9-7-13(17)8-10-15)12-11-16(20)18-14-5-3-2-4-6-14/h2-10H,11-12H2,1H3,(H,18,20).